The topological polar surface area (TPSA) is 17.1 Å². The first-order valence-corrected chi connectivity index (χ1v) is 3.87. The van der Waals surface area contributed by atoms with Gasteiger partial charge in [0.15, 0.2) is 0 Å². The molecule has 0 amide bonds. The molecule has 1 aromatic rings. The van der Waals surface area contributed by atoms with Crippen LogP contribution in [0, 0.1) is 19.7 Å². The molecule has 0 unspecified atom stereocenters. The van der Waals surface area contributed by atoms with Gasteiger partial charge in [0.1, 0.15) is 5.82 Å². The van der Waals surface area contributed by atoms with Crippen molar-refractivity contribution in [2.75, 3.05) is 0 Å². The lowest BCUT2D eigenvalue weighted by molar-refractivity contribution is 0.107. The Bertz CT molecular complexity index is 334. The van der Waals surface area contributed by atoms with Crippen molar-refractivity contribution < 1.29 is 9.18 Å². The summed E-state index contributed by atoms with van der Waals surface area (Å²) in [5.74, 6) is -0.519. The molecule has 1 nitrogen and oxygen atoms in total. The van der Waals surface area contributed by atoms with Crippen molar-refractivity contribution >= 4 is 16.8 Å². The molecule has 3 heteroatoms. The Morgan fingerprint density at radius 3 is 2.25 bits per heavy atom. The average molecular weight is 187 g/mol. The van der Waals surface area contributed by atoms with E-state index >= 15 is 0 Å². The van der Waals surface area contributed by atoms with Gasteiger partial charge >= 0.3 is 0 Å². The fourth-order valence-corrected chi connectivity index (χ4v) is 1.25. The Kier molecular flexibility index (Phi) is 2.48. The van der Waals surface area contributed by atoms with Gasteiger partial charge in [-0.1, -0.05) is 12.1 Å². The molecule has 0 aliphatic rings. The number of halogens is 2. The van der Waals surface area contributed by atoms with Crippen LogP contribution in [0.5, 0.6) is 0 Å². The van der Waals surface area contributed by atoms with Crippen LogP contribution in [-0.2, 0) is 0 Å². The van der Waals surface area contributed by atoms with Crippen molar-refractivity contribution in [3.63, 3.8) is 0 Å². The third-order valence-corrected chi connectivity index (χ3v) is 1.93. The monoisotopic (exact) mass is 186 g/mol. The maximum absolute atomic E-state index is 13.2. The van der Waals surface area contributed by atoms with Crippen molar-refractivity contribution in [2.24, 2.45) is 0 Å². The summed E-state index contributed by atoms with van der Waals surface area (Å²) in [7, 11) is 0. The fraction of sp³-hybridized carbons (Fsp3) is 0.222. The van der Waals surface area contributed by atoms with E-state index in [2.05, 4.69) is 0 Å². The molecule has 0 aliphatic carbocycles. The highest BCUT2D eigenvalue weighted by Crippen LogP contribution is 2.18. The van der Waals surface area contributed by atoms with Crippen molar-refractivity contribution in [2.45, 2.75) is 13.8 Å². The number of hydrogen-bond acceptors (Lipinski definition) is 1. The van der Waals surface area contributed by atoms with Gasteiger partial charge in [0.05, 0.1) is 5.56 Å². The van der Waals surface area contributed by atoms with Crippen LogP contribution in [0.25, 0.3) is 0 Å². The molecule has 1 rings (SSSR count). The van der Waals surface area contributed by atoms with Gasteiger partial charge in [0.2, 0.25) is 0 Å². The lowest BCUT2D eigenvalue weighted by Crippen LogP contribution is -2.00. The van der Waals surface area contributed by atoms with Crippen LogP contribution >= 0.6 is 11.6 Å². The Hall–Kier alpha value is -0.890. The zero-order chi connectivity index (χ0) is 9.30. The minimum atomic E-state index is -0.742. The van der Waals surface area contributed by atoms with E-state index in [1.165, 1.54) is 0 Å². The number of hydrogen-bond donors (Lipinski definition) is 0. The number of aryl methyl sites for hydroxylation is 2. The summed E-state index contributed by atoms with van der Waals surface area (Å²) in [5, 5.41) is -0.742. The molecule has 0 bridgehead atoms. The van der Waals surface area contributed by atoms with Gasteiger partial charge in [-0.25, -0.2) is 4.39 Å². The molecule has 0 aromatic heterocycles. The molecule has 0 spiro atoms. The molecule has 0 N–H and O–H groups in total. The number of carbonyl (C=O) groups excluding carboxylic acids is 1. The molecule has 12 heavy (non-hydrogen) atoms. The zero-order valence-corrected chi connectivity index (χ0v) is 7.57. The fourth-order valence-electron chi connectivity index (χ4n) is 1.02. The zero-order valence-electron chi connectivity index (χ0n) is 6.82. The van der Waals surface area contributed by atoms with Crippen LogP contribution in [0.4, 0.5) is 4.39 Å². The van der Waals surface area contributed by atoms with E-state index in [1.807, 2.05) is 0 Å². The number of benzene rings is 1. The molecule has 0 fully saturated rings. The minimum absolute atomic E-state index is 0.0170. The van der Waals surface area contributed by atoms with E-state index in [4.69, 9.17) is 11.6 Å². The van der Waals surface area contributed by atoms with Gasteiger partial charge in [0, 0.05) is 0 Å². The highest BCUT2D eigenvalue weighted by molar-refractivity contribution is 6.68. The second-order valence-corrected chi connectivity index (χ2v) is 3.01. The number of rotatable bonds is 1. The van der Waals surface area contributed by atoms with E-state index < -0.39 is 11.1 Å². The molecule has 0 saturated heterocycles. The molecule has 0 aliphatic heterocycles. The van der Waals surface area contributed by atoms with E-state index in [9.17, 15) is 9.18 Å². The average Bonchev–Trinajstić information content (AvgIpc) is 1.97. The third kappa shape index (κ3) is 1.48. The summed E-state index contributed by atoms with van der Waals surface area (Å²) in [4.78, 5) is 10.8. The smallest absolute Gasteiger partial charge is 0.255 e. The van der Waals surface area contributed by atoms with Crippen molar-refractivity contribution in [1.29, 1.82) is 0 Å². The van der Waals surface area contributed by atoms with Crippen molar-refractivity contribution in [1.82, 2.24) is 0 Å². The lowest BCUT2D eigenvalue weighted by Gasteiger charge is -2.03. The van der Waals surface area contributed by atoms with Gasteiger partial charge in [-0.2, -0.15) is 0 Å². The van der Waals surface area contributed by atoms with Crippen LogP contribution in [0.3, 0.4) is 0 Å². The standard InChI is InChI=1S/C9H8ClFO/c1-5-3-4-6(2)8(11)7(5)9(10)12/h3-4H,1-2H3. The summed E-state index contributed by atoms with van der Waals surface area (Å²) in [6, 6.07) is 3.29. The molecule has 0 heterocycles. The quantitative estimate of drug-likeness (QED) is 0.617. The Labute approximate surface area is 75.2 Å². The second kappa shape index (κ2) is 3.23. The first-order valence-electron chi connectivity index (χ1n) is 3.49. The Morgan fingerprint density at radius 1 is 1.33 bits per heavy atom. The first-order chi connectivity index (χ1) is 5.54. The SMILES string of the molecule is Cc1ccc(C)c(C(=O)Cl)c1F. The molecule has 0 atom stereocenters. The Morgan fingerprint density at radius 2 is 1.83 bits per heavy atom. The van der Waals surface area contributed by atoms with Gasteiger partial charge in [-0.3, -0.25) is 4.79 Å². The summed E-state index contributed by atoms with van der Waals surface area (Å²) >= 11 is 5.21. The molecule has 0 radical (unpaired) electrons. The molecule has 0 saturated carbocycles. The largest absolute Gasteiger partial charge is 0.275 e. The molecule has 1 aromatic carbocycles. The lowest BCUT2D eigenvalue weighted by atomic mass is 10.1. The summed E-state index contributed by atoms with van der Waals surface area (Å²) in [6.07, 6.45) is 0. The van der Waals surface area contributed by atoms with Crippen molar-refractivity contribution in [3.8, 4) is 0 Å². The van der Waals surface area contributed by atoms with Gasteiger partial charge < -0.3 is 0 Å². The highest BCUT2D eigenvalue weighted by Gasteiger charge is 2.13. The van der Waals surface area contributed by atoms with E-state index in [0.717, 1.165) is 0 Å². The van der Waals surface area contributed by atoms with Gasteiger partial charge in [-0.15, -0.1) is 0 Å². The molecular formula is C9H8ClFO. The van der Waals surface area contributed by atoms with E-state index in [-0.39, 0.29) is 5.56 Å². The van der Waals surface area contributed by atoms with E-state index in [0.29, 0.717) is 11.1 Å². The first kappa shape index (κ1) is 9.20. The highest BCUT2D eigenvalue weighted by atomic mass is 35.5. The predicted octanol–water partition coefficient (Wildman–Crippen LogP) is 2.82. The van der Waals surface area contributed by atoms with Crippen LogP contribution < -0.4 is 0 Å². The van der Waals surface area contributed by atoms with Crippen LogP contribution in [-0.4, -0.2) is 5.24 Å². The number of carbonyl (C=O) groups is 1. The normalized spacial score (nSPS) is 10.0. The summed E-state index contributed by atoms with van der Waals surface area (Å²) in [5.41, 5.74) is 0.986. The van der Waals surface area contributed by atoms with Crippen molar-refractivity contribution in [3.05, 3.63) is 34.6 Å². The second-order valence-electron chi connectivity index (χ2n) is 2.66. The molecule has 64 valence electrons. The predicted molar refractivity (Wildman–Crippen MR) is 46.1 cm³/mol. The van der Waals surface area contributed by atoms with Crippen LogP contribution in [0.15, 0.2) is 12.1 Å². The van der Waals surface area contributed by atoms with Gasteiger partial charge in [-0.05, 0) is 36.6 Å². The summed E-state index contributed by atoms with van der Waals surface area (Å²) in [6.45, 7) is 3.25. The Balaban J connectivity index is 3.43. The van der Waals surface area contributed by atoms with E-state index in [1.54, 1.807) is 26.0 Å². The van der Waals surface area contributed by atoms with Crippen LogP contribution in [0.1, 0.15) is 21.5 Å². The maximum Gasteiger partial charge on any atom is 0.255 e. The summed E-state index contributed by atoms with van der Waals surface area (Å²) < 4.78 is 13.2. The maximum atomic E-state index is 13.2. The van der Waals surface area contributed by atoms with Crippen LogP contribution in [0.2, 0.25) is 0 Å². The third-order valence-electron chi connectivity index (χ3n) is 1.74. The minimum Gasteiger partial charge on any atom is -0.275 e. The molecular weight excluding hydrogens is 179 g/mol. The van der Waals surface area contributed by atoms with Gasteiger partial charge in [0.25, 0.3) is 5.24 Å².